The Bertz CT molecular complexity index is 798. The fraction of sp³-hybridized carbons (Fsp3) is 0.200. The maximum Gasteiger partial charge on any atom is 0.189 e. The zero-order valence-corrected chi connectivity index (χ0v) is 12.0. The van der Waals surface area contributed by atoms with Crippen LogP contribution in [0.2, 0.25) is 0 Å². The highest BCUT2D eigenvalue weighted by Crippen LogP contribution is 2.12. The van der Waals surface area contributed by atoms with Crippen LogP contribution in [-0.2, 0) is 13.0 Å². The summed E-state index contributed by atoms with van der Waals surface area (Å²) in [4.78, 5) is 19.1. The van der Waals surface area contributed by atoms with E-state index in [0.29, 0.717) is 17.6 Å². The maximum atomic E-state index is 13.7. The fourth-order valence-electron chi connectivity index (χ4n) is 2.18. The topological polar surface area (TPSA) is 57.8 Å². The van der Waals surface area contributed by atoms with Crippen molar-refractivity contribution in [3.8, 4) is 0 Å². The lowest BCUT2D eigenvalue weighted by Gasteiger charge is -2.06. The molecule has 6 heteroatoms. The smallest absolute Gasteiger partial charge is 0.189 e. The van der Waals surface area contributed by atoms with Gasteiger partial charge in [-0.3, -0.25) is 4.79 Å². The molecule has 108 valence electrons. The summed E-state index contributed by atoms with van der Waals surface area (Å²) in [5, 5.41) is 6.62. The van der Waals surface area contributed by atoms with Crippen LogP contribution in [0.1, 0.15) is 10.7 Å². The summed E-state index contributed by atoms with van der Waals surface area (Å²) in [5.41, 5.74) is 0.776. The Morgan fingerprint density at radius 2 is 2.29 bits per heavy atom. The fourth-order valence-corrected chi connectivity index (χ4v) is 2.80. The normalized spacial score (nSPS) is 11.1. The van der Waals surface area contributed by atoms with E-state index < -0.39 is 5.82 Å². The number of aromatic amines is 1. The number of hydrogen-bond acceptors (Lipinski definition) is 4. The molecule has 0 aliphatic rings. The molecule has 2 N–H and O–H groups in total. The minimum atomic E-state index is -0.408. The van der Waals surface area contributed by atoms with Crippen LogP contribution in [0.4, 0.5) is 4.39 Å². The molecular formula is C15H14FN3OS. The highest BCUT2D eigenvalue weighted by molar-refractivity contribution is 7.09. The van der Waals surface area contributed by atoms with Gasteiger partial charge in [-0.2, -0.15) is 0 Å². The molecule has 21 heavy (non-hydrogen) atoms. The van der Waals surface area contributed by atoms with E-state index in [2.05, 4.69) is 15.3 Å². The van der Waals surface area contributed by atoms with Crippen molar-refractivity contribution in [1.82, 2.24) is 15.3 Å². The van der Waals surface area contributed by atoms with Crippen molar-refractivity contribution in [2.45, 2.75) is 13.0 Å². The Morgan fingerprint density at radius 1 is 1.38 bits per heavy atom. The number of hydrogen-bond donors (Lipinski definition) is 2. The SMILES string of the molecule is O=c1cc(CNCCc2nccs2)[nH]c2c(F)cccc12. The Hall–Kier alpha value is -2.05. The number of aromatic nitrogens is 2. The van der Waals surface area contributed by atoms with E-state index in [-0.39, 0.29) is 10.9 Å². The summed E-state index contributed by atoms with van der Waals surface area (Å²) in [6, 6.07) is 6.02. The summed E-state index contributed by atoms with van der Waals surface area (Å²) in [5.74, 6) is -0.408. The van der Waals surface area contributed by atoms with Gasteiger partial charge in [0.15, 0.2) is 5.43 Å². The molecule has 0 saturated carbocycles. The second-order valence-electron chi connectivity index (χ2n) is 4.67. The van der Waals surface area contributed by atoms with Gasteiger partial charge in [-0.15, -0.1) is 11.3 Å². The van der Waals surface area contributed by atoms with Crippen molar-refractivity contribution in [2.24, 2.45) is 0 Å². The average molecular weight is 303 g/mol. The first-order valence-electron chi connectivity index (χ1n) is 6.63. The minimum absolute atomic E-state index is 0.167. The predicted molar refractivity (Wildman–Crippen MR) is 82.1 cm³/mol. The number of nitrogens with one attached hydrogen (secondary N) is 2. The average Bonchev–Trinajstić information content (AvgIpc) is 2.98. The highest BCUT2D eigenvalue weighted by atomic mass is 32.1. The van der Waals surface area contributed by atoms with E-state index in [4.69, 9.17) is 0 Å². The third-order valence-electron chi connectivity index (χ3n) is 3.18. The molecule has 0 atom stereocenters. The molecule has 0 radical (unpaired) electrons. The van der Waals surface area contributed by atoms with Gasteiger partial charge < -0.3 is 10.3 Å². The van der Waals surface area contributed by atoms with Crippen LogP contribution in [0, 0.1) is 5.82 Å². The predicted octanol–water partition coefficient (Wildman–Crippen LogP) is 2.46. The van der Waals surface area contributed by atoms with Gasteiger partial charge in [-0.1, -0.05) is 6.07 Å². The molecule has 0 aliphatic heterocycles. The quantitative estimate of drug-likeness (QED) is 0.712. The number of H-pyrrole nitrogens is 1. The van der Waals surface area contributed by atoms with Crippen LogP contribution in [0.5, 0.6) is 0 Å². The number of halogens is 1. The first-order chi connectivity index (χ1) is 10.2. The molecule has 1 aromatic carbocycles. The third-order valence-corrected chi connectivity index (χ3v) is 4.02. The van der Waals surface area contributed by atoms with E-state index in [0.717, 1.165) is 18.0 Å². The van der Waals surface area contributed by atoms with E-state index >= 15 is 0 Å². The molecule has 2 heterocycles. The summed E-state index contributed by atoms with van der Waals surface area (Å²) < 4.78 is 13.7. The number of fused-ring (bicyclic) bond motifs is 1. The van der Waals surface area contributed by atoms with Crippen LogP contribution in [0.3, 0.4) is 0 Å². The molecule has 0 amide bonds. The third kappa shape index (κ3) is 3.17. The van der Waals surface area contributed by atoms with Gasteiger partial charge in [0.25, 0.3) is 0 Å². The number of nitrogens with zero attached hydrogens (tertiary/aromatic N) is 1. The van der Waals surface area contributed by atoms with Gasteiger partial charge >= 0.3 is 0 Å². The monoisotopic (exact) mass is 303 g/mol. The van der Waals surface area contributed by atoms with Crippen molar-refractivity contribution < 1.29 is 4.39 Å². The lowest BCUT2D eigenvalue weighted by Crippen LogP contribution is -2.19. The molecule has 2 aromatic heterocycles. The Balaban J connectivity index is 1.69. The summed E-state index contributed by atoms with van der Waals surface area (Å²) in [7, 11) is 0. The summed E-state index contributed by atoms with van der Waals surface area (Å²) in [6.45, 7) is 1.25. The van der Waals surface area contributed by atoms with Gasteiger partial charge in [0.05, 0.1) is 10.5 Å². The van der Waals surface area contributed by atoms with Crippen molar-refractivity contribution >= 4 is 22.2 Å². The number of pyridine rings is 1. The molecule has 0 aliphatic carbocycles. The van der Waals surface area contributed by atoms with Crippen LogP contribution < -0.4 is 10.7 Å². The van der Waals surface area contributed by atoms with Gasteiger partial charge in [-0.05, 0) is 12.1 Å². The lowest BCUT2D eigenvalue weighted by atomic mass is 10.2. The Morgan fingerprint density at radius 3 is 3.10 bits per heavy atom. The molecule has 0 spiro atoms. The maximum absolute atomic E-state index is 13.7. The summed E-state index contributed by atoms with van der Waals surface area (Å²) in [6.07, 6.45) is 2.62. The first-order valence-corrected chi connectivity index (χ1v) is 7.51. The van der Waals surface area contributed by atoms with Gasteiger partial charge in [0.2, 0.25) is 0 Å². The lowest BCUT2D eigenvalue weighted by molar-refractivity contribution is 0.633. The molecule has 4 nitrogen and oxygen atoms in total. The first kappa shape index (κ1) is 13.9. The number of para-hydroxylation sites is 1. The van der Waals surface area contributed by atoms with Crippen molar-refractivity contribution in [1.29, 1.82) is 0 Å². The van der Waals surface area contributed by atoms with E-state index in [1.54, 1.807) is 29.7 Å². The zero-order chi connectivity index (χ0) is 14.7. The van der Waals surface area contributed by atoms with Gasteiger partial charge in [-0.25, -0.2) is 9.37 Å². The number of benzene rings is 1. The molecule has 0 unspecified atom stereocenters. The van der Waals surface area contributed by atoms with Crippen molar-refractivity contribution in [2.75, 3.05) is 6.54 Å². The van der Waals surface area contributed by atoms with Crippen molar-refractivity contribution in [3.05, 3.63) is 62.6 Å². The van der Waals surface area contributed by atoms with Gasteiger partial charge in [0.1, 0.15) is 5.82 Å². The molecule has 0 saturated heterocycles. The molecule has 3 rings (SSSR count). The molecule has 0 fully saturated rings. The second kappa shape index (κ2) is 6.15. The standard InChI is InChI=1S/C15H14FN3OS/c16-12-3-1-2-11-13(20)8-10(19-15(11)12)9-17-5-4-14-18-6-7-21-14/h1-3,6-8,17H,4-5,9H2,(H,19,20). The number of rotatable bonds is 5. The van der Waals surface area contributed by atoms with E-state index in [1.165, 1.54) is 12.1 Å². The largest absolute Gasteiger partial charge is 0.355 e. The van der Waals surface area contributed by atoms with Crippen LogP contribution in [0.15, 0.2) is 40.6 Å². The van der Waals surface area contributed by atoms with Crippen LogP contribution in [-0.4, -0.2) is 16.5 Å². The zero-order valence-electron chi connectivity index (χ0n) is 11.2. The van der Waals surface area contributed by atoms with Crippen molar-refractivity contribution in [3.63, 3.8) is 0 Å². The number of thiazole rings is 1. The van der Waals surface area contributed by atoms with Crippen LogP contribution in [0.25, 0.3) is 10.9 Å². The van der Waals surface area contributed by atoms with Crippen LogP contribution >= 0.6 is 11.3 Å². The second-order valence-corrected chi connectivity index (χ2v) is 5.65. The van der Waals surface area contributed by atoms with Gasteiger partial charge in [0, 0.05) is 48.2 Å². The highest BCUT2D eigenvalue weighted by Gasteiger charge is 2.06. The Kier molecular flexibility index (Phi) is 4.08. The summed E-state index contributed by atoms with van der Waals surface area (Å²) >= 11 is 1.62. The molecular weight excluding hydrogens is 289 g/mol. The Labute approximate surface area is 124 Å². The van der Waals surface area contributed by atoms with E-state index in [9.17, 15) is 9.18 Å². The molecule has 0 bridgehead atoms. The molecule has 3 aromatic rings. The van der Waals surface area contributed by atoms with E-state index in [1.807, 2.05) is 5.38 Å². The minimum Gasteiger partial charge on any atom is -0.355 e.